The molecule has 0 amide bonds. The predicted octanol–water partition coefficient (Wildman–Crippen LogP) is 5.54. The van der Waals surface area contributed by atoms with Crippen molar-refractivity contribution in [3.05, 3.63) is 64.7 Å². The lowest BCUT2D eigenvalue weighted by Crippen LogP contribution is -2.56. The Morgan fingerprint density at radius 2 is 1.82 bits per heavy atom. The van der Waals surface area contributed by atoms with Crippen LogP contribution < -0.4 is 10.5 Å². The number of hydrogen-bond donors (Lipinski definition) is 2. The van der Waals surface area contributed by atoms with Crippen molar-refractivity contribution in [2.24, 2.45) is 5.73 Å². The van der Waals surface area contributed by atoms with E-state index in [1.807, 2.05) is 31.2 Å². The molecule has 0 radical (unpaired) electrons. The molecule has 1 saturated heterocycles. The molecule has 6 nitrogen and oxygen atoms in total. The van der Waals surface area contributed by atoms with Gasteiger partial charge in [0.1, 0.15) is 5.75 Å². The molecule has 1 heterocycles. The van der Waals surface area contributed by atoms with Crippen LogP contribution in [0.3, 0.4) is 0 Å². The van der Waals surface area contributed by atoms with Gasteiger partial charge in [-0.05, 0) is 62.3 Å². The Morgan fingerprint density at radius 1 is 1.12 bits per heavy atom. The number of rotatable bonds is 10. The van der Waals surface area contributed by atoms with Gasteiger partial charge in [0, 0.05) is 0 Å². The van der Waals surface area contributed by atoms with Crippen LogP contribution in [0.5, 0.6) is 5.75 Å². The van der Waals surface area contributed by atoms with E-state index in [0.29, 0.717) is 24.8 Å². The maximum atomic E-state index is 13.7. The van der Waals surface area contributed by atoms with Gasteiger partial charge < -0.3 is 15.4 Å². The second kappa shape index (κ2) is 10.2. The smallest absolute Gasteiger partial charge is 0.477 e. The minimum atomic E-state index is -4.57. The van der Waals surface area contributed by atoms with E-state index in [1.54, 1.807) is 13.0 Å². The van der Waals surface area contributed by atoms with Crippen LogP contribution in [0.4, 0.5) is 13.2 Å². The molecule has 1 aliphatic rings. The number of ether oxygens (including phenoxy) is 1. The highest BCUT2D eigenvalue weighted by Gasteiger charge is 2.51. The standard InChI is InChI=1S/C23H29F3NO5P/c1-3-22(27,21-31-33(28,29)32-21)12-11-18-9-10-20(19(15-18)23(24,25)26)30-13-5-8-17-7-4-6-16(2)14-17/h4,6-7,9-10,14-15,21H,3,5,8,11-13,27H2,1-2H3,(H,28,29). The summed E-state index contributed by atoms with van der Waals surface area (Å²) < 4.78 is 67.3. The molecule has 10 heteroatoms. The zero-order valence-electron chi connectivity index (χ0n) is 18.6. The van der Waals surface area contributed by atoms with Crippen LogP contribution in [0.1, 0.15) is 48.4 Å². The highest BCUT2D eigenvalue weighted by atomic mass is 31.2. The van der Waals surface area contributed by atoms with Gasteiger partial charge in [0.15, 0.2) is 6.29 Å². The van der Waals surface area contributed by atoms with Gasteiger partial charge in [-0.15, -0.1) is 0 Å². The first-order chi connectivity index (χ1) is 15.4. The molecule has 1 unspecified atom stereocenters. The normalized spacial score (nSPS) is 22.5. The van der Waals surface area contributed by atoms with E-state index < -0.39 is 31.4 Å². The molecule has 3 rings (SSSR count). The monoisotopic (exact) mass is 487 g/mol. The Morgan fingerprint density at radius 3 is 2.42 bits per heavy atom. The topological polar surface area (TPSA) is 91.0 Å². The highest BCUT2D eigenvalue weighted by Crippen LogP contribution is 2.58. The molecule has 0 saturated carbocycles. The Kier molecular flexibility index (Phi) is 7.91. The number of hydrogen-bond acceptors (Lipinski definition) is 5. The molecular weight excluding hydrogens is 458 g/mol. The van der Waals surface area contributed by atoms with Crippen molar-refractivity contribution in [3.8, 4) is 5.75 Å². The third-order valence-electron chi connectivity index (χ3n) is 5.76. The van der Waals surface area contributed by atoms with Gasteiger partial charge in [-0.25, -0.2) is 4.57 Å². The lowest BCUT2D eigenvalue weighted by molar-refractivity contribution is -0.161. The van der Waals surface area contributed by atoms with Gasteiger partial charge in [-0.2, -0.15) is 13.2 Å². The number of phosphoric ester groups is 1. The molecule has 33 heavy (non-hydrogen) atoms. The van der Waals surface area contributed by atoms with Crippen LogP contribution in [-0.2, 0) is 32.6 Å². The van der Waals surface area contributed by atoms with Crippen molar-refractivity contribution in [2.45, 2.75) is 64.0 Å². The van der Waals surface area contributed by atoms with Crippen LogP contribution in [-0.4, -0.2) is 23.3 Å². The van der Waals surface area contributed by atoms with Crippen LogP contribution in [0.25, 0.3) is 0 Å². The summed E-state index contributed by atoms with van der Waals surface area (Å²) in [6.45, 7) is 3.90. The van der Waals surface area contributed by atoms with Gasteiger partial charge in [-0.3, -0.25) is 9.05 Å². The third-order valence-corrected chi connectivity index (χ3v) is 6.68. The first kappa shape index (κ1) is 25.7. The molecular formula is C23H29F3NO5P. The van der Waals surface area contributed by atoms with E-state index in [-0.39, 0.29) is 25.2 Å². The van der Waals surface area contributed by atoms with Gasteiger partial charge in [0.25, 0.3) is 0 Å². The maximum Gasteiger partial charge on any atom is 0.477 e. The molecule has 1 aliphatic heterocycles. The van der Waals surface area contributed by atoms with Crippen molar-refractivity contribution in [3.63, 3.8) is 0 Å². The summed E-state index contributed by atoms with van der Waals surface area (Å²) >= 11 is 0. The van der Waals surface area contributed by atoms with Crippen molar-refractivity contribution in [2.75, 3.05) is 6.61 Å². The summed E-state index contributed by atoms with van der Waals surface area (Å²) in [5, 5.41) is 0. The van der Waals surface area contributed by atoms with Gasteiger partial charge in [0.2, 0.25) is 0 Å². The number of phosphoric acid groups is 1. The van der Waals surface area contributed by atoms with E-state index in [4.69, 9.17) is 24.4 Å². The first-order valence-corrected chi connectivity index (χ1v) is 12.3. The van der Waals surface area contributed by atoms with Gasteiger partial charge >= 0.3 is 14.0 Å². The fourth-order valence-corrected chi connectivity index (χ4v) is 4.62. The largest absolute Gasteiger partial charge is 0.493 e. The van der Waals surface area contributed by atoms with Crippen LogP contribution in [0.2, 0.25) is 0 Å². The van der Waals surface area contributed by atoms with Crippen molar-refractivity contribution in [1.82, 2.24) is 0 Å². The van der Waals surface area contributed by atoms with E-state index in [1.165, 1.54) is 6.07 Å². The molecule has 0 bridgehead atoms. The molecule has 2 aromatic rings. The average molecular weight is 487 g/mol. The summed E-state index contributed by atoms with van der Waals surface area (Å²) in [7, 11) is -4.05. The van der Waals surface area contributed by atoms with Gasteiger partial charge in [-0.1, -0.05) is 42.8 Å². The number of halogens is 3. The zero-order chi connectivity index (χ0) is 24.3. The van der Waals surface area contributed by atoms with E-state index >= 15 is 0 Å². The Balaban J connectivity index is 1.62. The fourth-order valence-electron chi connectivity index (χ4n) is 3.70. The Hall–Kier alpha value is -1.90. The molecule has 3 N–H and O–H groups in total. The zero-order valence-corrected chi connectivity index (χ0v) is 19.5. The van der Waals surface area contributed by atoms with Crippen LogP contribution in [0, 0.1) is 6.92 Å². The van der Waals surface area contributed by atoms with Crippen molar-refractivity contribution in [1.29, 1.82) is 0 Å². The summed E-state index contributed by atoms with van der Waals surface area (Å²) in [5.41, 5.74) is 6.96. The quantitative estimate of drug-likeness (QED) is 0.338. The number of nitrogens with two attached hydrogens (primary N) is 1. The summed E-state index contributed by atoms with van der Waals surface area (Å²) in [6, 6.07) is 11.9. The number of aryl methyl sites for hydroxylation is 3. The number of alkyl halides is 3. The summed E-state index contributed by atoms with van der Waals surface area (Å²) in [4.78, 5) is 9.17. The van der Waals surface area contributed by atoms with Gasteiger partial charge in [0.05, 0.1) is 17.7 Å². The maximum absolute atomic E-state index is 13.7. The molecule has 0 spiro atoms. The summed E-state index contributed by atoms with van der Waals surface area (Å²) in [6.07, 6.45) is -3.57. The molecule has 182 valence electrons. The molecule has 1 fully saturated rings. The fraction of sp³-hybridized carbons (Fsp3) is 0.478. The lowest BCUT2D eigenvalue weighted by Gasteiger charge is -2.42. The minimum Gasteiger partial charge on any atom is -0.493 e. The molecule has 0 aromatic heterocycles. The minimum absolute atomic E-state index is 0.162. The van der Waals surface area contributed by atoms with Crippen molar-refractivity contribution < 1.29 is 36.4 Å². The van der Waals surface area contributed by atoms with E-state index in [2.05, 4.69) is 0 Å². The second-order valence-electron chi connectivity index (χ2n) is 8.37. The van der Waals surface area contributed by atoms with Crippen molar-refractivity contribution >= 4 is 7.82 Å². The van der Waals surface area contributed by atoms with E-state index in [0.717, 1.165) is 17.2 Å². The molecule has 2 aromatic carbocycles. The van der Waals surface area contributed by atoms with Crippen LogP contribution in [0.15, 0.2) is 42.5 Å². The SMILES string of the molecule is CCC(N)(CCc1ccc(OCCCc2cccc(C)c2)c(C(F)(F)F)c1)C1OP(=O)(O)O1. The predicted molar refractivity (Wildman–Crippen MR) is 118 cm³/mol. The van der Waals surface area contributed by atoms with Crippen LogP contribution >= 0.6 is 7.82 Å². The Labute approximate surface area is 191 Å². The molecule has 1 atom stereocenters. The first-order valence-electron chi connectivity index (χ1n) is 10.8. The van der Waals surface area contributed by atoms with E-state index in [9.17, 15) is 17.7 Å². The molecule has 0 aliphatic carbocycles. The lowest BCUT2D eigenvalue weighted by atomic mass is 9.88. The number of benzene rings is 2. The highest BCUT2D eigenvalue weighted by molar-refractivity contribution is 7.48. The third kappa shape index (κ3) is 6.80. The average Bonchev–Trinajstić information content (AvgIpc) is 2.73. The Bertz CT molecular complexity index is 1010. The second-order valence-corrected chi connectivity index (χ2v) is 9.73. The summed E-state index contributed by atoms with van der Waals surface area (Å²) in [5.74, 6) is -0.211.